The quantitative estimate of drug-likeness (QED) is 0.0986. The topological polar surface area (TPSA) is 72.8 Å². The minimum atomic E-state index is -2.13. The maximum absolute atomic E-state index is 13.6. The molecule has 0 aromatic heterocycles. The van der Waals surface area contributed by atoms with Crippen molar-refractivity contribution in [1.82, 2.24) is 21.5 Å². The van der Waals surface area contributed by atoms with Crippen LogP contribution in [-0.2, 0) is 0 Å². The third kappa shape index (κ3) is 7.58. The number of rotatable bonds is 9. The standard InChI is InChI=1S/C31H30FN6PS2/c1-23(29(36-37-30(40)33-2)24-18-20-25(32)21-19-24)35-38-31(41)34-22-39(26-12-6-3-7-13-26,27-14-8-4-9-15-27)28-16-10-5-11-17-28/h3-21H,22H2,1-2H3,(H3-,33,34,35,36,37,38,40,41)/p+1. The molecule has 4 N–H and O–H groups in total. The summed E-state index contributed by atoms with van der Waals surface area (Å²) in [5.74, 6) is -0.341. The Kier molecular flexibility index (Phi) is 10.6. The maximum Gasteiger partial charge on any atom is 0.189 e. The minimum Gasteiger partial charge on any atom is -0.364 e. The van der Waals surface area contributed by atoms with Gasteiger partial charge < -0.3 is 10.6 Å². The summed E-state index contributed by atoms with van der Waals surface area (Å²) in [6, 6.07) is 37.6. The van der Waals surface area contributed by atoms with E-state index in [1.165, 1.54) is 28.0 Å². The van der Waals surface area contributed by atoms with Crippen LogP contribution in [0.4, 0.5) is 4.39 Å². The van der Waals surface area contributed by atoms with Crippen molar-refractivity contribution in [3.63, 3.8) is 0 Å². The molecule has 4 aromatic rings. The van der Waals surface area contributed by atoms with Gasteiger partial charge in [0.25, 0.3) is 0 Å². The second-order valence-electron chi connectivity index (χ2n) is 8.95. The summed E-state index contributed by atoms with van der Waals surface area (Å²) in [4.78, 5) is 0. The Morgan fingerprint density at radius 1 is 0.683 bits per heavy atom. The fourth-order valence-corrected chi connectivity index (χ4v) is 8.46. The predicted molar refractivity (Wildman–Crippen MR) is 180 cm³/mol. The van der Waals surface area contributed by atoms with Crippen LogP contribution in [0.2, 0.25) is 0 Å². The molecule has 0 saturated heterocycles. The smallest absolute Gasteiger partial charge is 0.189 e. The zero-order chi connectivity index (χ0) is 29.1. The molecular weight excluding hydrogens is 570 g/mol. The summed E-state index contributed by atoms with van der Waals surface area (Å²) in [7, 11) is -0.437. The summed E-state index contributed by atoms with van der Waals surface area (Å²) in [5, 5.41) is 19.6. The van der Waals surface area contributed by atoms with Gasteiger partial charge in [0.05, 0.1) is 5.71 Å². The lowest BCUT2D eigenvalue weighted by atomic mass is 10.1. The molecule has 10 heteroatoms. The number of nitrogens with one attached hydrogen (secondary N) is 4. The zero-order valence-electron chi connectivity index (χ0n) is 22.7. The highest BCUT2D eigenvalue weighted by Crippen LogP contribution is 2.54. The van der Waals surface area contributed by atoms with Gasteiger partial charge in [-0.05, 0) is 92.0 Å². The van der Waals surface area contributed by atoms with E-state index in [-0.39, 0.29) is 5.82 Å². The van der Waals surface area contributed by atoms with Crippen LogP contribution in [0.5, 0.6) is 0 Å². The van der Waals surface area contributed by atoms with Crippen LogP contribution in [0.3, 0.4) is 0 Å². The molecule has 0 bridgehead atoms. The van der Waals surface area contributed by atoms with Gasteiger partial charge in [0.2, 0.25) is 0 Å². The third-order valence-corrected chi connectivity index (χ3v) is 11.1. The molecule has 0 amide bonds. The van der Waals surface area contributed by atoms with Crippen molar-refractivity contribution in [2.24, 2.45) is 10.2 Å². The lowest BCUT2D eigenvalue weighted by Crippen LogP contribution is -2.42. The van der Waals surface area contributed by atoms with Crippen LogP contribution in [0.15, 0.2) is 125 Å². The first-order valence-corrected chi connectivity index (χ1v) is 15.7. The summed E-state index contributed by atoms with van der Waals surface area (Å²) >= 11 is 10.8. The largest absolute Gasteiger partial charge is 0.364 e. The molecule has 0 atom stereocenters. The van der Waals surface area contributed by atoms with Crippen LogP contribution in [0.25, 0.3) is 0 Å². The van der Waals surface area contributed by atoms with E-state index in [0.29, 0.717) is 33.5 Å². The molecule has 208 valence electrons. The Labute approximate surface area is 251 Å². The Hall–Kier alpha value is -4.04. The van der Waals surface area contributed by atoms with Gasteiger partial charge in [-0.2, -0.15) is 10.2 Å². The monoisotopic (exact) mass is 601 g/mol. The normalized spacial score (nSPS) is 11.9. The van der Waals surface area contributed by atoms with Crippen LogP contribution in [-0.4, -0.2) is 35.0 Å². The van der Waals surface area contributed by atoms with Crippen LogP contribution >= 0.6 is 31.7 Å². The number of halogens is 1. The fourth-order valence-electron chi connectivity index (χ4n) is 4.31. The van der Waals surface area contributed by atoms with E-state index in [1.54, 1.807) is 26.1 Å². The van der Waals surface area contributed by atoms with Crippen molar-refractivity contribution in [2.75, 3.05) is 13.3 Å². The van der Waals surface area contributed by atoms with Crippen LogP contribution < -0.4 is 37.4 Å². The number of hydrazone groups is 2. The molecule has 0 saturated carbocycles. The number of thiocarbonyl (C=S) groups is 2. The number of hydrogen-bond donors (Lipinski definition) is 4. The van der Waals surface area contributed by atoms with Crippen molar-refractivity contribution in [2.45, 2.75) is 6.92 Å². The number of benzene rings is 4. The fraction of sp³-hybridized carbons (Fsp3) is 0.0968. The molecule has 41 heavy (non-hydrogen) atoms. The maximum atomic E-state index is 13.6. The van der Waals surface area contributed by atoms with Gasteiger partial charge in [-0.25, -0.2) is 4.39 Å². The third-order valence-electron chi connectivity index (χ3n) is 6.35. The molecule has 0 aliphatic rings. The van der Waals surface area contributed by atoms with Gasteiger partial charge in [-0.1, -0.05) is 54.6 Å². The highest BCUT2D eigenvalue weighted by molar-refractivity contribution is 7.95. The van der Waals surface area contributed by atoms with Crippen molar-refractivity contribution in [3.05, 3.63) is 127 Å². The molecule has 0 fully saturated rings. The molecule has 0 heterocycles. The van der Waals surface area contributed by atoms with E-state index in [2.05, 4.69) is 104 Å². The average Bonchev–Trinajstić information content (AvgIpc) is 3.02. The molecule has 0 aliphatic carbocycles. The van der Waals surface area contributed by atoms with Gasteiger partial charge in [0.15, 0.2) is 10.2 Å². The molecule has 0 unspecified atom stereocenters. The average molecular weight is 602 g/mol. The highest BCUT2D eigenvalue weighted by atomic mass is 32.1. The molecule has 0 aliphatic heterocycles. The summed E-state index contributed by atoms with van der Waals surface area (Å²) in [6.07, 6.45) is 0.586. The van der Waals surface area contributed by atoms with Gasteiger partial charge in [-0.3, -0.25) is 10.9 Å². The van der Waals surface area contributed by atoms with Crippen LogP contribution in [0.1, 0.15) is 12.5 Å². The molecule has 6 nitrogen and oxygen atoms in total. The lowest BCUT2D eigenvalue weighted by molar-refractivity contribution is 0.628. The molecule has 0 radical (unpaired) electrons. The molecule has 0 spiro atoms. The number of nitrogens with zero attached hydrogens (tertiary/aromatic N) is 2. The van der Waals surface area contributed by atoms with Crippen molar-refractivity contribution >= 4 is 69.3 Å². The van der Waals surface area contributed by atoms with Crippen molar-refractivity contribution < 1.29 is 4.39 Å². The van der Waals surface area contributed by atoms with Gasteiger partial charge in [0, 0.05) is 12.6 Å². The molecular formula is C31H31FN6PS2+. The number of hydrogen-bond acceptors (Lipinski definition) is 4. The summed E-state index contributed by atoms with van der Waals surface area (Å²) < 4.78 is 13.6. The lowest BCUT2D eigenvalue weighted by Gasteiger charge is -2.28. The Morgan fingerprint density at radius 2 is 1.15 bits per heavy atom. The van der Waals surface area contributed by atoms with Gasteiger partial charge >= 0.3 is 0 Å². The van der Waals surface area contributed by atoms with Gasteiger partial charge in [-0.15, -0.1) is 0 Å². The summed E-state index contributed by atoms with van der Waals surface area (Å²) in [6.45, 7) is 1.79. The Balaban J connectivity index is 1.61. The first kappa shape index (κ1) is 29.9. The van der Waals surface area contributed by atoms with E-state index >= 15 is 0 Å². The first-order chi connectivity index (χ1) is 19.9. The minimum absolute atomic E-state index is 0.339. The van der Waals surface area contributed by atoms with E-state index in [4.69, 9.17) is 24.4 Å². The van der Waals surface area contributed by atoms with E-state index in [9.17, 15) is 4.39 Å². The SMILES string of the molecule is CNC(=S)N/N=C(/C(C)=N/NC(=S)NC[P+](c1ccccc1)(c1ccccc1)c1ccccc1)c1ccc(F)cc1. The van der Waals surface area contributed by atoms with Crippen LogP contribution in [0, 0.1) is 5.82 Å². The molecule has 4 aromatic carbocycles. The second-order valence-corrected chi connectivity index (χ2v) is 13.2. The van der Waals surface area contributed by atoms with Gasteiger partial charge in [0.1, 0.15) is 41.0 Å². The van der Waals surface area contributed by atoms with Crippen molar-refractivity contribution in [3.8, 4) is 0 Å². The zero-order valence-corrected chi connectivity index (χ0v) is 25.2. The van der Waals surface area contributed by atoms with E-state index < -0.39 is 7.26 Å². The molecule has 4 rings (SSSR count). The summed E-state index contributed by atoms with van der Waals surface area (Å²) in [5.41, 5.74) is 7.43. The second kappa shape index (κ2) is 14.6. The van der Waals surface area contributed by atoms with E-state index in [1.807, 2.05) is 18.2 Å². The Bertz CT molecular complexity index is 1420. The van der Waals surface area contributed by atoms with Crippen molar-refractivity contribution in [1.29, 1.82) is 0 Å². The predicted octanol–water partition coefficient (Wildman–Crippen LogP) is 4.42. The highest BCUT2D eigenvalue weighted by Gasteiger charge is 2.45. The van der Waals surface area contributed by atoms with E-state index in [0.717, 1.165) is 0 Å². The first-order valence-electron chi connectivity index (χ1n) is 12.9. The Morgan fingerprint density at radius 3 is 1.61 bits per heavy atom.